The number of rotatable bonds is 5. The second-order valence-electron chi connectivity index (χ2n) is 4.53. The zero-order chi connectivity index (χ0) is 13.7. The molecule has 4 nitrogen and oxygen atoms in total. The zero-order valence-electron chi connectivity index (χ0n) is 11.2. The van der Waals surface area contributed by atoms with Gasteiger partial charge in [0.2, 0.25) is 0 Å². The zero-order valence-corrected chi connectivity index (χ0v) is 12.8. The number of nitrogens with one attached hydrogen (secondary N) is 2. The smallest absolute Gasteiger partial charge is 0.255 e. The Bertz CT molecular complexity index is 421. The summed E-state index contributed by atoms with van der Waals surface area (Å²) in [5.41, 5.74) is 0.561. The SMILES string of the molecule is CCC(NC(=O)c1cc(Br)cnc1NC)C(C)C. The fourth-order valence-electron chi connectivity index (χ4n) is 1.80. The summed E-state index contributed by atoms with van der Waals surface area (Å²) in [6.45, 7) is 6.28. The monoisotopic (exact) mass is 313 g/mol. The minimum absolute atomic E-state index is 0.0892. The van der Waals surface area contributed by atoms with Crippen molar-refractivity contribution < 1.29 is 4.79 Å². The fraction of sp³-hybridized carbons (Fsp3) is 0.538. The first-order valence-corrected chi connectivity index (χ1v) is 6.93. The molecule has 100 valence electrons. The third kappa shape index (κ3) is 3.70. The number of halogens is 1. The Hall–Kier alpha value is -1.10. The number of amides is 1. The lowest BCUT2D eigenvalue weighted by Gasteiger charge is -2.21. The van der Waals surface area contributed by atoms with Gasteiger partial charge in [0.25, 0.3) is 5.91 Å². The highest BCUT2D eigenvalue weighted by Gasteiger charge is 2.18. The Morgan fingerprint density at radius 3 is 2.67 bits per heavy atom. The largest absolute Gasteiger partial charge is 0.372 e. The number of hydrogen-bond acceptors (Lipinski definition) is 3. The topological polar surface area (TPSA) is 54.0 Å². The number of nitrogens with zero attached hydrogens (tertiary/aromatic N) is 1. The van der Waals surface area contributed by atoms with E-state index in [0.29, 0.717) is 17.3 Å². The third-order valence-corrected chi connectivity index (χ3v) is 3.33. The van der Waals surface area contributed by atoms with Crippen LogP contribution in [0.4, 0.5) is 5.82 Å². The highest BCUT2D eigenvalue weighted by molar-refractivity contribution is 9.10. The second kappa shape index (κ2) is 6.73. The normalized spacial score (nSPS) is 12.3. The van der Waals surface area contributed by atoms with Gasteiger partial charge in [-0.1, -0.05) is 20.8 Å². The summed E-state index contributed by atoms with van der Waals surface area (Å²) < 4.78 is 0.796. The van der Waals surface area contributed by atoms with Crippen molar-refractivity contribution in [3.63, 3.8) is 0 Å². The molecule has 0 aliphatic carbocycles. The van der Waals surface area contributed by atoms with Crippen molar-refractivity contribution >= 4 is 27.7 Å². The van der Waals surface area contributed by atoms with Crippen LogP contribution >= 0.6 is 15.9 Å². The van der Waals surface area contributed by atoms with Crippen LogP contribution in [0.2, 0.25) is 0 Å². The van der Waals surface area contributed by atoms with Crippen LogP contribution < -0.4 is 10.6 Å². The highest BCUT2D eigenvalue weighted by atomic mass is 79.9. The summed E-state index contributed by atoms with van der Waals surface area (Å²) in [5.74, 6) is 0.917. The molecule has 0 aliphatic heterocycles. The molecule has 0 spiro atoms. The quantitative estimate of drug-likeness (QED) is 0.878. The molecule has 0 bridgehead atoms. The maximum absolute atomic E-state index is 12.2. The molecule has 1 unspecified atom stereocenters. The Morgan fingerprint density at radius 2 is 2.17 bits per heavy atom. The molecule has 0 saturated heterocycles. The van der Waals surface area contributed by atoms with Gasteiger partial charge in [-0.3, -0.25) is 4.79 Å². The lowest BCUT2D eigenvalue weighted by atomic mass is 10.0. The molecular formula is C13H20BrN3O. The molecule has 1 aromatic heterocycles. The molecular weight excluding hydrogens is 294 g/mol. The Kier molecular flexibility index (Phi) is 5.59. The molecule has 0 aliphatic rings. The van der Waals surface area contributed by atoms with E-state index in [9.17, 15) is 4.79 Å². The maximum Gasteiger partial charge on any atom is 0.255 e. The van der Waals surface area contributed by atoms with E-state index >= 15 is 0 Å². The molecule has 1 heterocycles. The molecule has 0 fully saturated rings. The minimum atomic E-state index is -0.0892. The van der Waals surface area contributed by atoms with Gasteiger partial charge in [-0.25, -0.2) is 4.98 Å². The van der Waals surface area contributed by atoms with Crippen LogP contribution in [0.15, 0.2) is 16.7 Å². The van der Waals surface area contributed by atoms with E-state index in [2.05, 4.69) is 52.3 Å². The van der Waals surface area contributed by atoms with E-state index in [1.54, 1.807) is 19.3 Å². The number of pyridine rings is 1. The Labute approximate surface area is 117 Å². The summed E-state index contributed by atoms with van der Waals surface area (Å²) in [6.07, 6.45) is 2.59. The van der Waals surface area contributed by atoms with Crippen molar-refractivity contribution in [1.29, 1.82) is 0 Å². The molecule has 1 atom stereocenters. The molecule has 0 saturated carbocycles. The fourth-order valence-corrected chi connectivity index (χ4v) is 2.13. The van der Waals surface area contributed by atoms with Crippen LogP contribution in [0.1, 0.15) is 37.6 Å². The summed E-state index contributed by atoms with van der Waals surface area (Å²) >= 11 is 3.34. The average molecular weight is 314 g/mol. The molecule has 1 amide bonds. The van der Waals surface area contributed by atoms with Gasteiger partial charge in [-0.15, -0.1) is 0 Å². The van der Waals surface area contributed by atoms with Gasteiger partial charge in [0.1, 0.15) is 5.82 Å². The minimum Gasteiger partial charge on any atom is -0.372 e. The standard InChI is InChI=1S/C13H20BrN3O/c1-5-11(8(2)3)17-13(18)10-6-9(14)7-16-12(10)15-4/h6-8,11H,5H2,1-4H3,(H,15,16)(H,17,18). The van der Waals surface area contributed by atoms with Crippen molar-refractivity contribution in [2.45, 2.75) is 33.2 Å². The first-order chi connectivity index (χ1) is 8.49. The van der Waals surface area contributed by atoms with Crippen molar-refractivity contribution in [1.82, 2.24) is 10.3 Å². The third-order valence-electron chi connectivity index (χ3n) is 2.90. The van der Waals surface area contributed by atoms with Gasteiger partial charge in [-0.05, 0) is 34.3 Å². The van der Waals surface area contributed by atoms with Gasteiger partial charge in [0.05, 0.1) is 5.56 Å². The number of carbonyl (C=O) groups is 1. The van der Waals surface area contributed by atoms with Crippen molar-refractivity contribution in [3.05, 3.63) is 22.3 Å². The average Bonchev–Trinajstić information content (AvgIpc) is 2.35. The molecule has 5 heteroatoms. The molecule has 1 aromatic rings. The molecule has 1 rings (SSSR count). The van der Waals surface area contributed by atoms with E-state index in [1.807, 2.05) is 0 Å². The van der Waals surface area contributed by atoms with Gasteiger partial charge in [-0.2, -0.15) is 0 Å². The lowest BCUT2D eigenvalue weighted by Crippen LogP contribution is -2.38. The number of hydrogen-bond donors (Lipinski definition) is 2. The summed E-state index contributed by atoms with van der Waals surface area (Å²) in [5, 5.41) is 5.98. The first-order valence-electron chi connectivity index (χ1n) is 6.13. The van der Waals surface area contributed by atoms with E-state index in [0.717, 1.165) is 10.9 Å². The first kappa shape index (κ1) is 15.0. The van der Waals surface area contributed by atoms with Gasteiger partial charge in [0, 0.05) is 23.8 Å². The van der Waals surface area contributed by atoms with Crippen LogP contribution in [-0.2, 0) is 0 Å². The van der Waals surface area contributed by atoms with Gasteiger partial charge in [0.15, 0.2) is 0 Å². The molecule has 0 aromatic carbocycles. The lowest BCUT2D eigenvalue weighted by molar-refractivity contribution is 0.0925. The van der Waals surface area contributed by atoms with Crippen molar-refractivity contribution in [3.8, 4) is 0 Å². The van der Waals surface area contributed by atoms with E-state index in [4.69, 9.17) is 0 Å². The van der Waals surface area contributed by atoms with Crippen LogP contribution in [0.5, 0.6) is 0 Å². The van der Waals surface area contributed by atoms with Crippen LogP contribution in [0, 0.1) is 5.92 Å². The number of aromatic nitrogens is 1. The number of carbonyl (C=O) groups excluding carboxylic acids is 1. The van der Waals surface area contributed by atoms with Gasteiger partial charge < -0.3 is 10.6 Å². The molecule has 18 heavy (non-hydrogen) atoms. The molecule has 2 N–H and O–H groups in total. The van der Waals surface area contributed by atoms with E-state index < -0.39 is 0 Å². The number of anilines is 1. The Morgan fingerprint density at radius 1 is 1.50 bits per heavy atom. The second-order valence-corrected chi connectivity index (χ2v) is 5.45. The van der Waals surface area contributed by atoms with Crippen LogP contribution in [0.3, 0.4) is 0 Å². The molecule has 0 radical (unpaired) electrons. The predicted octanol–water partition coefficient (Wildman–Crippen LogP) is 3.05. The Balaban J connectivity index is 2.92. The summed E-state index contributed by atoms with van der Waals surface area (Å²) in [7, 11) is 1.76. The predicted molar refractivity (Wildman–Crippen MR) is 77.9 cm³/mol. The summed E-state index contributed by atoms with van der Waals surface area (Å²) in [6, 6.07) is 1.96. The van der Waals surface area contributed by atoms with Crippen LogP contribution in [-0.4, -0.2) is 24.0 Å². The van der Waals surface area contributed by atoms with Gasteiger partial charge >= 0.3 is 0 Å². The van der Waals surface area contributed by atoms with Crippen LogP contribution in [0.25, 0.3) is 0 Å². The summed E-state index contributed by atoms with van der Waals surface area (Å²) in [4.78, 5) is 16.4. The van der Waals surface area contributed by atoms with E-state index in [1.165, 1.54) is 0 Å². The van der Waals surface area contributed by atoms with Crippen molar-refractivity contribution in [2.75, 3.05) is 12.4 Å². The van der Waals surface area contributed by atoms with Crippen molar-refractivity contribution in [2.24, 2.45) is 5.92 Å². The maximum atomic E-state index is 12.2. The van der Waals surface area contributed by atoms with E-state index in [-0.39, 0.29) is 11.9 Å². The highest BCUT2D eigenvalue weighted by Crippen LogP contribution is 2.18.